The second kappa shape index (κ2) is 7.13. The lowest BCUT2D eigenvalue weighted by molar-refractivity contribution is 0.449. The molecule has 1 N–H and O–H groups in total. The Morgan fingerprint density at radius 1 is 1.07 bits per heavy atom. The first-order chi connectivity index (χ1) is 14.1. The van der Waals surface area contributed by atoms with Crippen LogP contribution in [0.25, 0.3) is 27.9 Å². The summed E-state index contributed by atoms with van der Waals surface area (Å²) in [5.41, 5.74) is 3.76. The smallest absolute Gasteiger partial charge is 0.242 e. The predicted molar refractivity (Wildman–Crippen MR) is 118 cm³/mol. The molecule has 1 fully saturated rings. The monoisotopic (exact) mass is 403 g/mol. The minimum atomic E-state index is -3.49. The summed E-state index contributed by atoms with van der Waals surface area (Å²) in [7, 11) is -3.49. The summed E-state index contributed by atoms with van der Waals surface area (Å²) in [5.74, 6) is 0.450. The summed E-state index contributed by atoms with van der Waals surface area (Å²) in [5, 5.41) is 5.26. The van der Waals surface area contributed by atoms with Crippen LogP contribution in [0.2, 0.25) is 0 Å². The van der Waals surface area contributed by atoms with Crippen LogP contribution in [0.1, 0.15) is 17.0 Å². The zero-order valence-corrected chi connectivity index (χ0v) is 16.6. The van der Waals surface area contributed by atoms with Gasteiger partial charge in [-0.25, -0.2) is 12.4 Å². The highest BCUT2D eigenvalue weighted by Gasteiger charge is 2.20. The lowest BCUT2D eigenvalue weighted by Crippen LogP contribution is -2.39. The van der Waals surface area contributed by atoms with Gasteiger partial charge in [0.25, 0.3) is 0 Å². The summed E-state index contributed by atoms with van der Waals surface area (Å²) in [6.45, 7) is 1.97. The Bertz CT molecular complexity index is 1330. The fraction of sp³-hybridized carbons (Fsp3) is 0.174. The first kappa shape index (κ1) is 18.1. The van der Waals surface area contributed by atoms with Crippen molar-refractivity contribution in [2.45, 2.75) is 5.92 Å². The van der Waals surface area contributed by atoms with Gasteiger partial charge in [-0.3, -0.25) is 4.98 Å². The van der Waals surface area contributed by atoms with E-state index in [4.69, 9.17) is 0 Å². The third-order valence-electron chi connectivity index (χ3n) is 5.50. The maximum Gasteiger partial charge on any atom is 0.242 e. The lowest BCUT2D eigenvalue weighted by atomic mass is 9.93. The number of benzene rings is 2. The molecule has 0 radical (unpaired) electrons. The maximum atomic E-state index is 12.9. The van der Waals surface area contributed by atoms with Gasteiger partial charge in [0.15, 0.2) is 0 Å². The van der Waals surface area contributed by atoms with Gasteiger partial charge in [-0.05, 0) is 29.8 Å². The summed E-state index contributed by atoms with van der Waals surface area (Å²) < 4.78 is 27.3. The van der Waals surface area contributed by atoms with Gasteiger partial charge in [-0.2, -0.15) is 0 Å². The Morgan fingerprint density at radius 3 is 2.76 bits per heavy atom. The second-order valence-electron chi connectivity index (χ2n) is 7.39. The molecule has 0 spiro atoms. The van der Waals surface area contributed by atoms with Gasteiger partial charge in [0.05, 0.1) is 16.8 Å². The van der Waals surface area contributed by atoms with E-state index >= 15 is 0 Å². The molecule has 2 aromatic heterocycles. The van der Waals surface area contributed by atoms with Crippen molar-refractivity contribution in [3.63, 3.8) is 0 Å². The van der Waals surface area contributed by atoms with Crippen LogP contribution in [0.15, 0.2) is 73.1 Å². The molecule has 4 aromatic rings. The van der Waals surface area contributed by atoms with Gasteiger partial charge in [0, 0.05) is 47.7 Å². The van der Waals surface area contributed by atoms with Crippen molar-refractivity contribution >= 4 is 37.9 Å². The molecular weight excluding hydrogens is 382 g/mol. The van der Waals surface area contributed by atoms with Crippen molar-refractivity contribution in [3.05, 3.63) is 84.2 Å². The molecular formula is C23H21N3O2S. The molecule has 0 unspecified atom stereocenters. The Balaban J connectivity index is 1.41. The average molecular weight is 404 g/mol. The lowest BCUT2D eigenvalue weighted by Gasteiger charge is -2.27. The van der Waals surface area contributed by atoms with Crippen LogP contribution in [0.5, 0.6) is 0 Å². The standard InChI is InChI=1S/C23H21N3O2S/c27-29(28,13-3-7-18-5-1-4-17-6-2-11-25-23(17)18)26-12-10-20-14-19(8-9-22(20)26)21-15-24-16-21/h1-12,14,21,24H,13,15-16H2. The third-order valence-corrected chi connectivity index (χ3v) is 7.03. The molecule has 29 heavy (non-hydrogen) atoms. The van der Waals surface area contributed by atoms with Crippen molar-refractivity contribution in [2.24, 2.45) is 0 Å². The molecule has 0 bridgehead atoms. The maximum absolute atomic E-state index is 12.9. The minimum Gasteiger partial charge on any atom is -0.315 e. The fourth-order valence-corrected chi connectivity index (χ4v) is 5.01. The van der Waals surface area contributed by atoms with Crippen LogP contribution in [0.3, 0.4) is 0 Å². The van der Waals surface area contributed by atoms with E-state index < -0.39 is 10.0 Å². The first-order valence-electron chi connectivity index (χ1n) is 9.67. The molecule has 1 aliphatic rings. The average Bonchev–Trinajstić information content (AvgIpc) is 3.11. The largest absolute Gasteiger partial charge is 0.315 e. The van der Waals surface area contributed by atoms with Crippen LogP contribution in [-0.2, 0) is 10.0 Å². The number of para-hydroxylation sites is 1. The predicted octanol–water partition coefficient (Wildman–Crippen LogP) is 3.77. The molecule has 0 aliphatic carbocycles. The number of nitrogens with one attached hydrogen (secondary N) is 1. The van der Waals surface area contributed by atoms with Crippen molar-refractivity contribution in [1.29, 1.82) is 0 Å². The van der Waals surface area contributed by atoms with E-state index in [1.165, 1.54) is 9.54 Å². The quantitative estimate of drug-likeness (QED) is 0.551. The number of hydrogen-bond donors (Lipinski definition) is 1. The molecule has 6 heteroatoms. The number of aromatic nitrogens is 2. The van der Waals surface area contributed by atoms with Crippen LogP contribution < -0.4 is 5.32 Å². The molecule has 2 aromatic carbocycles. The first-order valence-corrected chi connectivity index (χ1v) is 11.3. The highest BCUT2D eigenvalue weighted by Crippen LogP contribution is 2.26. The number of rotatable bonds is 5. The van der Waals surface area contributed by atoms with Crippen LogP contribution in [-0.4, -0.2) is 36.2 Å². The van der Waals surface area contributed by atoms with E-state index in [2.05, 4.69) is 16.4 Å². The van der Waals surface area contributed by atoms with Crippen molar-refractivity contribution in [3.8, 4) is 0 Å². The zero-order chi connectivity index (χ0) is 19.8. The van der Waals surface area contributed by atoms with Crippen LogP contribution >= 0.6 is 0 Å². The SMILES string of the molecule is O=S(=O)(CC=Cc1cccc2cccnc12)n1ccc2cc(C3CNC3)ccc21. The summed E-state index contributed by atoms with van der Waals surface area (Å²) in [4.78, 5) is 4.41. The Labute approximate surface area is 169 Å². The molecule has 5 nitrogen and oxygen atoms in total. The molecule has 5 rings (SSSR count). The molecule has 1 saturated heterocycles. The van der Waals surface area contributed by atoms with Crippen molar-refractivity contribution in [2.75, 3.05) is 18.8 Å². The second-order valence-corrected chi connectivity index (χ2v) is 9.28. The van der Waals surface area contributed by atoms with Gasteiger partial charge in [-0.15, -0.1) is 0 Å². The topological polar surface area (TPSA) is 64.0 Å². The van der Waals surface area contributed by atoms with Gasteiger partial charge < -0.3 is 5.32 Å². The summed E-state index contributed by atoms with van der Waals surface area (Å²) >= 11 is 0. The van der Waals surface area contributed by atoms with Gasteiger partial charge in [0.2, 0.25) is 10.0 Å². The fourth-order valence-electron chi connectivity index (χ4n) is 3.80. The molecule has 1 aliphatic heterocycles. The van der Waals surface area contributed by atoms with E-state index in [0.29, 0.717) is 5.92 Å². The third kappa shape index (κ3) is 3.34. The summed E-state index contributed by atoms with van der Waals surface area (Å²) in [6.07, 6.45) is 6.92. The Morgan fingerprint density at radius 2 is 1.93 bits per heavy atom. The van der Waals surface area contributed by atoms with Gasteiger partial charge in [0.1, 0.15) is 0 Å². The highest BCUT2D eigenvalue weighted by atomic mass is 32.2. The zero-order valence-electron chi connectivity index (χ0n) is 15.8. The Kier molecular flexibility index (Phi) is 4.45. The number of pyridine rings is 1. The van der Waals surface area contributed by atoms with Crippen molar-refractivity contribution in [1.82, 2.24) is 14.3 Å². The van der Waals surface area contributed by atoms with E-state index in [0.717, 1.165) is 40.5 Å². The minimum absolute atomic E-state index is 0.0751. The van der Waals surface area contributed by atoms with Gasteiger partial charge in [-0.1, -0.05) is 42.5 Å². The van der Waals surface area contributed by atoms with Gasteiger partial charge >= 0.3 is 0 Å². The molecule has 0 atom stereocenters. The molecule has 0 amide bonds. The van der Waals surface area contributed by atoms with E-state index in [-0.39, 0.29) is 5.75 Å². The summed E-state index contributed by atoms with van der Waals surface area (Å²) in [6, 6.07) is 17.7. The van der Waals surface area contributed by atoms with Crippen LogP contribution in [0, 0.1) is 0 Å². The molecule has 146 valence electrons. The van der Waals surface area contributed by atoms with Crippen molar-refractivity contribution < 1.29 is 8.42 Å². The number of fused-ring (bicyclic) bond motifs is 2. The highest BCUT2D eigenvalue weighted by molar-refractivity contribution is 7.90. The van der Waals surface area contributed by atoms with E-state index in [1.807, 2.05) is 54.6 Å². The number of hydrogen-bond acceptors (Lipinski definition) is 4. The molecule has 0 saturated carbocycles. The molecule has 3 heterocycles. The van der Waals surface area contributed by atoms with E-state index in [1.54, 1.807) is 18.5 Å². The van der Waals surface area contributed by atoms with Crippen LogP contribution in [0.4, 0.5) is 0 Å². The Hall–Kier alpha value is -2.96. The number of nitrogens with zero attached hydrogens (tertiary/aromatic N) is 2. The normalized spacial score (nSPS) is 15.3. The van der Waals surface area contributed by atoms with E-state index in [9.17, 15) is 8.42 Å².